The van der Waals surface area contributed by atoms with Crippen molar-refractivity contribution in [1.29, 1.82) is 0 Å². The molecule has 2 saturated heterocycles. The molecule has 20 heavy (non-hydrogen) atoms. The minimum absolute atomic E-state index is 0.0969. The van der Waals surface area contributed by atoms with Gasteiger partial charge in [-0.1, -0.05) is 0 Å². The van der Waals surface area contributed by atoms with Gasteiger partial charge in [0.15, 0.2) is 0 Å². The molecule has 0 radical (unpaired) electrons. The molecular weight excluding hydrogens is 280 g/mol. The number of nitrogens with one attached hydrogen (secondary N) is 1. The van der Waals surface area contributed by atoms with E-state index in [2.05, 4.69) is 14.7 Å². The summed E-state index contributed by atoms with van der Waals surface area (Å²) in [5.41, 5.74) is 0.306. The molecule has 0 unspecified atom stereocenters. The highest BCUT2D eigenvalue weighted by Gasteiger charge is 2.41. The fraction of sp³-hybridized carbons (Fsp3) is 0.583. The lowest BCUT2D eigenvalue weighted by atomic mass is 10.0. The first-order valence-corrected chi connectivity index (χ1v) is 8.16. The number of carbonyl (C=O) groups is 1. The van der Waals surface area contributed by atoms with Gasteiger partial charge in [0.05, 0.1) is 11.4 Å². The lowest BCUT2D eigenvalue weighted by Gasteiger charge is -2.20. The van der Waals surface area contributed by atoms with E-state index in [0.717, 1.165) is 0 Å². The molecule has 1 N–H and O–H groups in total. The summed E-state index contributed by atoms with van der Waals surface area (Å²) < 4.78 is 26.3. The lowest BCUT2D eigenvalue weighted by Crippen LogP contribution is -2.34. The molecule has 3 heterocycles. The van der Waals surface area contributed by atoms with Crippen LogP contribution in [0.15, 0.2) is 18.6 Å². The Labute approximate surface area is 117 Å². The van der Waals surface area contributed by atoms with Gasteiger partial charge in [-0.15, -0.1) is 0 Å². The third-order valence-electron chi connectivity index (χ3n) is 3.99. The number of aromatic nitrogens is 2. The average Bonchev–Trinajstić information content (AvgIpc) is 2.65. The molecule has 1 amide bonds. The van der Waals surface area contributed by atoms with Crippen molar-refractivity contribution in [3.8, 4) is 0 Å². The van der Waals surface area contributed by atoms with Gasteiger partial charge in [0.25, 0.3) is 5.91 Å². The van der Waals surface area contributed by atoms with E-state index in [4.69, 9.17) is 0 Å². The van der Waals surface area contributed by atoms with E-state index >= 15 is 0 Å². The highest BCUT2D eigenvalue weighted by atomic mass is 32.2. The molecule has 2 aliphatic heterocycles. The normalized spacial score (nSPS) is 28.7. The number of nitrogens with zero attached hydrogens (tertiary/aromatic N) is 3. The summed E-state index contributed by atoms with van der Waals surface area (Å²) in [6.07, 6.45) is 5.61. The van der Waals surface area contributed by atoms with Crippen molar-refractivity contribution in [2.75, 3.05) is 19.6 Å². The molecule has 1 aromatic heterocycles. The monoisotopic (exact) mass is 296 g/mol. The summed E-state index contributed by atoms with van der Waals surface area (Å²) in [6, 6.07) is 0. The SMILES string of the molecule is O=C(c1cnccn1)N1CC[C@@H]2CNS(=O)(=O)[C@@H]2CC1. The topological polar surface area (TPSA) is 92.3 Å². The van der Waals surface area contributed by atoms with E-state index in [-0.39, 0.29) is 17.1 Å². The Hall–Kier alpha value is -1.54. The largest absolute Gasteiger partial charge is 0.337 e. The number of hydrogen-bond acceptors (Lipinski definition) is 5. The predicted octanol–water partition coefficient (Wildman–Crippen LogP) is -0.370. The third kappa shape index (κ3) is 2.40. The Morgan fingerprint density at radius 1 is 1.30 bits per heavy atom. The first kappa shape index (κ1) is 13.4. The fourth-order valence-corrected chi connectivity index (χ4v) is 4.70. The Kier molecular flexibility index (Phi) is 3.43. The second-order valence-corrected chi connectivity index (χ2v) is 7.14. The highest BCUT2D eigenvalue weighted by molar-refractivity contribution is 7.90. The average molecular weight is 296 g/mol. The highest BCUT2D eigenvalue weighted by Crippen LogP contribution is 2.28. The number of hydrogen-bond donors (Lipinski definition) is 1. The second-order valence-electron chi connectivity index (χ2n) is 5.15. The number of likely N-dealkylation sites (tertiary alicyclic amines) is 1. The molecule has 7 nitrogen and oxygen atoms in total. The molecule has 0 saturated carbocycles. The van der Waals surface area contributed by atoms with E-state index in [1.807, 2.05) is 0 Å². The van der Waals surface area contributed by atoms with Gasteiger partial charge in [-0.05, 0) is 18.8 Å². The molecule has 0 spiro atoms. The quantitative estimate of drug-likeness (QED) is 0.763. The second kappa shape index (κ2) is 5.10. The summed E-state index contributed by atoms with van der Waals surface area (Å²) in [7, 11) is -3.20. The van der Waals surface area contributed by atoms with Crippen LogP contribution in [-0.2, 0) is 10.0 Å². The van der Waals surface area contributed by atoms with E-state index in [1.165, 1.54) is 18.6 Å². The van der Waals surface area contributed by atoms with Crippen molar-refractivity contribution in [3.63, 3.8) is 0 Å². The molecule has 8 heteroatoms. The van der Waals surface area contributed by atoms with Crippen molar-refractivity contribution in [3.05, 3.63) is 24.3 Å². The van der Waals surface area contributed by atoms with Gasteiger partial charge in [0.2, 0.25) is 10.0 Å². The standard InChI is InChI=1S/C12H16N4O3S/c17-12(10-8-13-3-4-14-10)16-5-1-9-7-15-20(18,19)11(9)2-6-16/h3-4,8-9,11,15H,1-2,5-7H2/t9-,11-/m1/s1. The Morgan fingerprint density at radius 3 is 2.85 bits per heavy atom. The zero-order valence-corrected chi connectivity index (χ0v) is 11.7. The molecule has 3 rings (SSSR count). The maximum Gasteiger partial charge on any atom is 0.274 e. The van der Waals surface area contributed by atoms with Gasteiger partial charge < -0.3 is 4.90 Å². The molecule has 2 aliphatic rings. The van der Waals surface area contributed by atoms with Crippen LogP contribution in [0, 0.1) is 5.92 Å². The van der Waals surface area contributed by atoms with E-state index in [1.54, 1.807) is 4.90 Å². The summed E-state index contributed by atoms with van der Waals surface area (Å²) in [5, 5.41) is -0.373. The first-order valence-electron chi connectivity index (χ1n) is 6.62. The van der Waals surface area contributed by atoms with Crippen molar-refractivity contribution < 1.29 is 13.2 Å². The van der Waals surface area contributed by atoms with Gasteiger partial charge in [-0.2, -0.15) is 0 Å². The van der Waals surface area contributed by atoms with Crippen LogP contribution in [0.3, 0.4) is 0 Å². The van der Waals surface area contributed by atoms with Crippen molar-refractivity contribution in [2.24, 2.45) is 5.92 Å². The third-order valence-corrected chi connectivity index (χ3v) is 5.98. The van der Waals surface area contributed by atoms with Crippen LogP contribution in [0.25, 0.3) is 0 Å². The number of rotatable bonds is 1. The molecular formula is C12H16N4O3S. The molecule has 0 aromatic carbocycles. The maximum atomic E-state index is 12.3. The molecule has 0 bridgehead atoms. The summed E-state index contributed by atoms with van der Waals surface area (Å²) in [6.45, 7) is 1.49. The smallest absolute Gasteiger partial charge is 0.274 e. The molecule has 2 fully saturated rings. The number of fused-ring (bicyclic) bond motifs is 1. The molecule has 1 aromatic rings. The van der Waals surface area contributed by atoms with Gasteiger partial charge >= 0.3 is 0 Å². The first-order chi connectivity index (χ1) is 9.58. The van der Waals surface area contributed by atoms with E-state index in [0.29, 0.717) is 38.2 Å². The van der Waals surface area contributed by atoms with Crippen LogP contribution in [0.5, 0.6) is 0 Å². The van der Waals surface area contributed by atoms with Crippen LogP contribution in [-0.4, -0.2) is 54.1 Å². The van der Waals surface area contributed by atoms with Crippen LogP contribution >= 0.6 is 0 Å². The van der Waals surface area contributed by atoms with Crippen molar-refractivity contribution in [2.45, 2.75) is 18.1 Å². The Morgan fingerprint density at radius 2 is 2.10 bits per heavy atom. The minimum atomic E-state index is -3.20. The summed E-state index contributed by atoms with van der Waals surface area (Å²) >= 11 is 0. The van der Waals surface area contributed by atoms with Crippen LogP contribution in [0.2, 0.25) is 0 Å². The summed E-state index contributed by atoms with van der Waals surface area (Å²) in [5.74, 6) is -0.0805. The number of amides is 1. The number of sulfonamides is 1. The molecule has 0 aliphatic carbocycles. The minimum Gasteiger partial charge on any atom is -0.337 e. The van der Waals surface area contributed by atoms with E-state index in [9.17, 15) is 13.2 Å². The molecule has 108 valence electrons. The van der Waals surface area contributed by atoms with E-state index < -0.39 is 10.0 Å². The predicted molar refractivity (Wildman–Crippen MR) is 71.4 cm³/mol. The zero-order valence-electron chi connectivity index (χ0n) is 10.9. The zero-order chi connectivity index (χ0) is 14.2. The van der Waals surface area contributed by atoms with Gasteiger partial charge in [-0.25, -0.2) is 18.1 Å². The molecule has 2 atom stereocenters. The Bertz CT molecular complexity index is 604. The van der Waals surface area contributed by atoms with Gasteiger partial charge in [0, 0.05) is 32.0 Å². The van der Waals surface area contributed by atoms with Crippen LogP contribution < -0.4 is 4.72 Å². The van der Waals surface area contributed by atoms with Crippen LogP contribution in [0.4, 0.5) is 0 Å². The van der Waals surface area contributed by atoms with Gasteiger partial charge in [-0.3, -0.25) is 9.78 Å². The maximum absolute atomic E-state index is 12.3. The van der Waals surface area contributed by atoms with Crippen molar-refractivity contribution in [1.82, 2.24) is 19.6 Å². The van der Waals surface area contributed by atoms with Crippen LogP contribution in [0.1, 0.15) is 23.3 Å². The Balaban J connectivity index is 1.74. The fourth-order valence-electron chi connectivity index (χ4n) is 2.89. The van der Waals surface area contributed by atoms with Gasteiger partial charge in [0.1, 0.15) is 5.69 Å². The van der Waals surface area contributed by atoms with Crippen molar-refractivity contribution >= 4 is 15.9 Å². The number of carbonyl (C=O) groups excluding carboxylic acids is 1. The summed E-state index contributed by atoms with van der Waals surface area (Å²) in [4.78, 5) is 21.9. The lowest BCUT2D eigenvalue weighted by molar-refractivity contribution is 0.0753.